The quantitative estimate of drug-likeness (QED) is 0.183. The topological polar surface area (TPSA) is 55.8 Å². The molecule has 0 unspecified atom stereocenters. The molecule has 5 nitrogen and oxygen atoms in total. The van der Waals surface area contributed by atoms with Crippen LogP contribution < -0.4 is 9.47 Å². The molecular formula is C27H23I2NO4S. The lowest BCUT2D eigenvalue weighted by atomic mass is 10.1. The van der Waals surface area contributed by atoms with Crippen molar-refractivity contribution in [1.82, 2.24) is 4.90 Å². The third-order valence-electron chi connectivity index (χ3n) is 5.26. The number of rotatable bonds is 8. The Hall–Kier alpha value is -2.05. The summed E-state index contributed by atoms with van der Waals surface area (Å²) in [6.45, 7) is 5.00. The molecule has 1 fully saturated rings. The SMILES string of the molecule is Cc1ccc(OCCN2C(=O)S/C(=C\c3cc(I)c(OCc4cccc(C)c4)c(I)c3)C2=O)cc1. The monoisotopic (exact) mass is 711 g/mol. The Balaban J connectivity index is 1.40. The van der Waals surface area contributed by atoms with Crippen LogP contribution >= 0.6 is 56.9 Å². The van der Waals surface area contributed by atoms with Crippen LogP contribution in [0.3, 0.4) is 0 Å². The third-order valence-corrected chi connectivity index (χ3v) is 7.77. The van der Waals surface area contributed by atoms with Crippen LogP contribution in [0.1, 0.15) is 22.3 Å². The molecule has 0 N–H and O–H groups in total. The number of amides is 2. The molecule has 0 radical (unpaired) electrons. The number of ether oxygens (including phenoxy) is 2. The first-order valence-corrected chi connectivity index (χ1v) is 13.9. The number of thioether (sulfide) groups is 1. The van der Waals surface area contributed by atoms with Crippen molar-refractivity contribution in [3.63, 3.8) is 0 Å². The van der Waals surface area contributed by atoms with Gasteiger partial charge in [0.2, 0.25) is 0 Å². The van der Waals surface area contributed by atoms with Crippen molar-refractivity contribution in [1.29, 1.82) is 0 Å². The number of nitrogens with zero attached hydrogens (tertiary/aromatic N) is 1. The van der Waals surface area contributed by atoms with E-state index in [-0.39, 0.29) is 24.3 Å². The number of hydrogen-bond donors (Lipinski definition) is 0. The molecule has 3 aromatic carbocycles. The number of halogens is 2. The van der Waals surface area contributed by atoms with Gasteiger partial charge < -0.3 is 9.47 Å². The zero-order chi connectivity index (χ0) is 24.9. The summed E-state index contributed by atoms with van der Waals surface area (Å²) >= 11 is 5.44. The van der Waals surface area contributed by atoms with Crippen molar-refractivity contribution in [2.24, 2.45) is 0 Å². The van der Waals surface area contributed by atoms with E-state index in [2.05, 4.69) is 64.2 Å². The van der Waals surface area contributed by atoms with Crippen LogP contribution in [0.15, 0.2) is 65.6 Å². The average molecular weight is 711 g/mol. The lowest BCUT2D eigenvalue weighted by molar-refractivity contribution is -0.123. The highest BCUT2D eigenvalue weighted by atomic mass is 127. The minimum atomic E-state index is -0.294. The van der Waals surface area contributed by atoms with E-state index in [1.54, 1.807) is 6.08 Å². The van der Waals surface area contributed by atoms with Gasteiger partial charge in [0.05, 0.1) is 18.6 Å². The van der Waals surface area contributed by atoms with Crippen molar-refractivity contribution in [3.8, 4) is 11.5 Å². The molecular weight excluding hydrogens is 688 g/mol. The van der Waals surface area contributed by atoms with Gasteiger partial charge in [-0.15, -0.1) is 0 Å². The summed E-state index contributed by atoms with van der Waals surface area (Å²) in [6.07, 6.45) is 1.76. The minimum Gasteiger partial charge on any atom is -0.492 e. The van der Waals surface area contributed by atoms with Gasteiger partial charge >= 0.3 is 0 Å². The molecule has 35 heavy (non-hydrogen) atoms. The van der Waals surface area contributed by atoms with E-state index in [1.807, 2.05) is 55.5 Å². The van der Waals surface area contributed by atoms with Crippen LogP contribution in [0, 0.1) is 21.0 Å². The van der Waals surface area contributed by atoms with E-state index in [1.165, 1.54) is 10.5 Å². The summed E-state index contributed by atoms with van der Waals surface area (Å²) in [6, 6.07) is 19.8. The van der Waals surface area contributed by atoms with Crippen molar-refractivity contribution < 1.29 is 19.1 Å². The largest absolute Gasteiger partial charge is 0.492 e. The Kier molecular flexibility index (Phi) is 8.77. The van der Waals surface area contributed by atoms with Crippen LogP contribution in [0.2, 0.25) is 0 Å². The third kappa shape index (κ3) is 6.79. The zero-order valence-electron chi connectivity index (χ0n) is 19.2. The first-order chi connectivity index (χ1) is 16.8. The van der Waals surface area contributed by atoms with Gasteiger partial charge in [0, 0.05) is 0 Å². The normalized spacial score (nSPS) is 14.6. The maximum absolute atomic E-state index is 12.9. The highest BCUT2D eigenvalue weighted by molar-refractivity contribution is 14.1. The van der Waals surface area contributed by atoms with Crippen LogP contribution in [0.25, 0.3) is 6.08 Å². The fraction of sp³-hybridized carbons (Fsp3) is 0.185. The molecule has 3 aromatic rings. The predicted molar refractivity (Wildman–Crippen MR) is 157 cm³/mol. The Morgan fingerprint density at radius 1 is 0.914 bits per heavy atom. The Bertz CT molecular complexity index is 1270. The average Bonchev–Trinajstić information content (AvgIpc) is 3.07. The Labute approximate surface area is 236 Å². The molecule has 1 aliphatic rings. The molecule has 0 saturated carbocycles. The van der Waals surface area contributed by atoms with Crippen molar-refractivity contribution >= 4 is 74.2 Å². The lowest BCUT2D eigenvalue weighted by Gasteiger charge is -2.13. The van der Waals surface area contributed by atoms with E-state index < -0.39 is 0 Å². The standard InChI is InChI=1S/C27H23I2NO4S/c1-17-6-8-21(9-7-17)33-11-10-30-26(31)24(35-27(30)32)15-20-13-22(28)25(23(29)14-20)34-16-19-5-3-4-18(2)12-19/h3-9,12-15H,10-11,16H2,1-2H3/b24-15-. The van der Waals surface area contributed by atoms with E-state index in [4.69, 9.17) is 9.47 Å². The molecule has 0 aromatic heterocycles. The summed E-state index contributed by atoms with van der Waals surface area (Å²) in [4.78, 5) is 27.0. The number of imide groups is 1. The zero-order valence-corrected chi connectivity index (χ0v) is 24.3. The van der Waals surface area contributed by atoms with Gasteiger partial charge in [0.1, 0.15) is 24.7 Å². The molecule has 4 rings (SSSR count). The molecule has 1 heterocycles. The van der Waals surface area contributed by atoms with E-state index in [0.717, 1.165) is 41.3 Å². The van der Waals surface area contributed by atoms with Crippen molar-refractivity contribution in [2.75, 3.05) is 13.2 Å². The van der Waals surface area contributed by atoms with Gasteiger partial charge in [0.15, 0.2) is 0 Å². The van der Waals surface area contributed by atoms with Crippen LogP contribution in [0.4, 0.5) is 4.79 Å². The molecule has 0 aliphatic carbocycles. The molecule has 8 heteroatoms. The van der Waals surface area contributed by atoms with Crippen molar-refractivity contribution in [3.05, 3.63) is 95.0 Å². The molecule has 180 valence electrons. The van der Waals surface area contributed by atoms with E-state index in [0.29, 0.717) is 17.3 Å². The van der Waals surface area contributed by atoms with E-state index in [9.17, 15) is 9.59 Å². The first kappa shape index (κ1) is 26.0. The smallest absolute Gasteiger partial charge is 0.293 e. The molecule has 0 spiro atoms. The van der Waals surface area contributed by atoms with Crippen LogP contribution in [-0.4, -0.2) is 29.2 Å². The second-order valence-electron chi connectivity index (χ2n) is 8.09. The summed E-state index contributed by atoms with van der Waals surface area (Å²) in [5.41, 5.74) is 4.30. The number of aryl methyl sites for hydroxylation is 2. The minimum absolute atomic E-state index is 0.205. The molecule has 1 aliphatic heterocycles. The van der Waals surface area contributed by atoms with E-state index >= 15 is 0 Å². The molecule has 0 atom stereocenters. The highest BCUT2D eigenvalue weighted by Gasteiger charge is 2.34. The van der Waals surface area contributed by atoms with Gasteiger partial charge in [-0.2, -0.15) is 0 Å². The fourth-order valence-corrected chi connectivity index (χ4v) is 6.48. The number of carbonyl (C=O) groups is 2. The van der Waals surface area contributed by atoms with Crippen LogP contribution in [-0.2, 0) is 11.4 Å². The highest BCUT2D eigenvalue weighted by Crippen LogP contribution is 2.35. The second kappa shape index (κ2) is 11.8. The summed E-state index contributed by atoms with van der Waals surface area (Å²) < 4.78 is 13.7. The van der Waals surface area contributed by atoms with Gasteiger partial charge in [0.25, 0.3) is 11.1 Å². The van der Waals surface area contributed by atoms with Gasteiger partial charge in [-0.05, 0) is 112 Å². The summed E-state index contributed by atoms with van der Waals surface area (Å²) in [7, 11) is 0. The van der Waals surface area contributed by atoms with Crippen molar-refractivity contribution in [2.45, 2.75) is 20.5 Å². The predicted octanol–water partition coefficient (Wildman–Crippen LogP) is 7.21. The Morgan fingerprint density at radius 3 is 2.31 bits per heavy atom. The van der Waals surface area contributed by atoms with Gasteiger partial charge in [-0.25, -0.2) is 0 Å². The number of benzene rings is 3. The number of carbonyl (C=O) groups excluding carboxylic acids is 2. The maximum Gasteiger partial charge on any atom is 0.293 e. The maximum atomic E-state index is 12.9. The summed E-state index contributed by atoms with van der Waals surface area (Å²) in [5.74, 6) is 1.23. The molecule has 1 saturated heterocycles. The Morgan fingerprint density at radius 2 is 1.63 bits per heavy atom. The molecule has 2 amide bonds. The summed E-state index contributed by atoms with van der Waals surface area (Å²) in [5, 5.41) is -0.281. The lowest BCUT2D eigenvalue weighted by Crippen LogP contribution is -2.32. The first-order valence-electron chi connectivity index (χ1n) is 10.9. The van der Waals surface area contributed by atoms with Gasteiger partial charge in [-0.3, -0.25) is 14.5 Å². The molecule has 0 bridgehead atoms. The number of hydrogen-bond acceptors (Lipinski definition) is 5. The van der Waals surface area contributed by atoms with Crippen LogP contribution in [0.5, 0.6) is 11.5 Å². The van der Waals surface area contributed by atoms with Gasteiger partial charge in [-0.1, -0.05) is 47.5 Å². The second-order valence-corrected chi connectivity index (χ2v) is 11.4. The fourth-order valence-electron chi connectivity index (χ4n) is 3.49.